The lowest BCUT2D eigenvalue weighted by Gasteiger charge is -2.27. The van der Waals surface area contributed by atoms with Gasteiger partial charge in [0.2, 0.25) is 0 Å². The molecular formula is C34H34O. The number of rotatable bonds is 10. The first-order valence-corrected chi connectivity index (χ1v) is 12.4. The molecule has 0 heterocycles. The first kappa shape index (κ1) is 24.4. The molecule has 1 nitrogen and oxygen atoms in total. The van der Waals surface area contributed by atoms with Crippen molar-refractivity contribution >= 4 is 12.2 Å². The number of hydrogen-bond acceptors (Lipinski definition) is 1. The second kappa shape index (κ2) is 11.6. The van der Waals surface area contributed by atoms with Gasteiger partial charge in [0.25, 0.3) is 0 Å². The molecule has 0 N–H and O–H groups in total. The highest BCUT2D eigenvalue weighted by atomic mass is 16.5. The molecule has 0 spiro atoms. The van der Waals surface area contributed by atoms with Crippen molar-refractivity contribution in [1.82, 2.24) is 0 Å². The van der Waals surface area contributed by atoms with E-state index in [-0.39, 0.29) is 12.2 Å². The predicted molar refractivity (Wildman–Crippen MR) is 149 cm³/mol. The van der Waals surface area contributed by atoms with E-state index in [4.69, 9.17) is 4.74 Å². The molecule has 4 rings (SSSR count). The third kappa shape index (κ3) is 5.88. The van der Waals surface area contributed by atoms with Crippen LogP contribution >= 0.6 is 0 Å². The molecule has 176 valence electrons. The highest BCUT2D eigenvalue weighted by molar-refractivity contribution is 5.49. The Bertz CT molecular complexity index is 1130. The van der Waals surface area contributed by atoms with Gasteiger partial charge in [0.1, 0.15) is 12.2 Å². The number of hydrogen-bond donors (Lipinski definition) is 0. The van der Waals surface area contributed by atoms with Crippen molar-refractivity contribution in [3.05, 3.63) is 155 Å². The summed E-state index contributed by atoms with van der Waals surface area (Å²) < 4.78 is 7.04. The summed E-state index contributed by atoms with van der Waals surface area (Å²) in [6, 6.07) is 34.6. The fraction of sp³-hybridized carbons (Fsp3) is 0.176. The van der Waals surface area contributed by atoms with Crippen LogP contribution in [-0.4, -0.2) is 0 Å². The maximum absolute atomic E-state index is 7.04. The molecule has 0 saturated heterocycles. The van der Waals surface area contributed by atoms with E-state index >= 15 is 0 Å². The summed E-state index contributed by atoms with van der Waals surface area (Å²) in [6.45, 7) is 12.2. The molecule has 1 heteroatoms. The van der Waals surface area contributed by atoms with E-state index < -0.39 is 0 Å². The van der Waals surface area contributed by atoms with E-state index in [1.54, 1.807) is 0 Å². The summed E-state index contributed by atoms with van der Waals surface area (Å²) in [5.74, 6) is 0. The molecule has 2 atom stereocenters. The normalized spacial score (nSPS) is 12.6. The van der Waals surface area contributed by atoms with Gasteiger partial charge in [-0.25, -0.2) is 0 Å². The van der Waals surface area contributed by atoms with Gasteiger partial charge >= 0.3 is 0 Å². The zero-order chi connectivity index (χ0) is 24.6. The van der Waals surface area contributed by atoms with Gasteiger partial charge in [-0.05, 0) is 57.3 Å². The van der Waals surface area contributed by atoms with Gasteiger partial charge in [0.05, 0.1) is 0 Å². The van der Waals surface area contributed by atoms with Gasteiger partial charge in [0.15, 0.2) is 0 Å². The molecular weight excluding hydrogens is 424 g/mol. The minimum Gasteiger partial charge on any atom is -0.356 e. The molecule has 0 amide bonds. The zero-order valence-corrected chi connectivity index (χ0v) is 20.8. The van der Waals surface area contributed by atoms with Gasteiger partial charge < -0.3 is 4.74 Å². The van der Waals surface area contributed by atoms with Crippen molar-refractivity contribution in [3.8, 4) is 0 Å². The molecule has 4 aromatic rings. The molecule has 0 aliphatic carbocycles. The van der Waals surface area contributed by atoms with E-state index in [1.807, 2.05) is 12.2 Å². The number of ether oxygens (including phenoxy) is 1. The third-order valence-corrected chi connectivity index (χ3v) is 6.60. The molecule has 35 heavy (non-hydrogen) atoms. The molecule has 2 unspecified atom stereocenters. The van der Waals surface area contributed by atoms with Crippen LogP contribution < -0.4 is 0 Å². The van der Waals surface area contributed by atoms with Crippen molar-refractivity contribution in [2.45, 2.75) is 38.9 Å². The van der Waals surface area contributed by atoms with Crippen molar-refractivity contribution in [2.75, 3.05) is 0 Å². The molecule has 4 aromatic carbocycles. The first-order chi connectivity index (χ1) is 17.1. The van der Waals surface area contributed by atoms with Gasteiger partial charge in [-0.15, -0.1) is 0 Å². The number of benzene rings is 4. The lowest BCUT2D eigenvalue weighted by atomic mass is 9.95. The van der Waals surface area contributed by atoms with Crippen LogP contribution in [0, 0.1) is 0 Å². The topological polar surface area (TPSA) is 9.23 Å². The van der Waals surface area contributed by atoms with E-state index in [0.29, 0.717) is 0 Å². The van der Waals surface area contributed by atoms with Crippen LogP contribution in [0.15, 0.2) is 110 Å². The SMILES string of the molecule is C=Cc1ccc(C(OC(c2ccc(C=C)cc2)c2ccc(CC)cc2)c2ccc(CC)cc2)cc1. The lowest BCUT2D eigenvalue weighted by molar-refractivity contribution is 0.0308. The Hall–Kier alpha value is -3.68. The maximum atomic E-state index is 7.04. The van der Waals surface area contributed by atoms with Crippen LogP contribution in [0.5, 0.6) is 0 Å². The standard InChI is InChI=1S/C34H34O/c1-5-25-9-17-29(18-10-25)33(30-19-11-26(6-2)12-20-30)35-34(31-21-13-27(7-3)14-22-31)32-23-15-28(8-4)16-24-32/h5,7,9-24,33-34H,1,3,6,8H2,2,4H3. The monoisotopic (exact) mass is 458 g/mol. The Labute approximate surface area is 210 Å². The van der Waals surface area contributed by atoms with Crippen molar-refractivity contribution < 1.29 is 4.74 Å². The van der Waals surface area contributed by atoms with E-state index in [9.17, 15) is 0 Å². The average molecular weight is 459 g/mol. The van der Waals surface area contributed by atoms with Gasteiger partial charge in [-0.1, -0.05) is 136 Å². The Balaban J connectivity index is 1.79. The van der Waals surface area contributed by atoms with E-state index in [2.05, 4.69) is 124 Å². The fourth-order valence-corrected chi connectivity index (χ4v) is 4.31. The molecule has 0 aromatic heterocycles. The van der Waals surface area contributed by atoms with Crippen molar-refractivity contribution in [3.63, 3.8) is 0 Å². The Morgan fingerprint density at radius 1 is 0.514 bits per heavy atom. The summed E-state index contributed by atoms with van der Waals surface area (Å²) in [5, 5.41) is 0. The Morgan fingerprint density at radius 2 is 0.800 bits per heavy atom. The zero-order valence-electron chi connectivity index (χ0n) is 20.8. The van der Waals surface area contributed by atoms with E-state index in [0.717, 1.165) is 46.2 Å². The molecule has 0 aliphatic heterocycles. The highest BCUT2D eigenvalue weighted by Gasteiger charge is 2.23. The third-order valence-electron chi connectivity index (χ3n) is 6.60. The van der Waals surface area contributed by atoms with Gasteiger partial charge in [-0.3, -0.25) is 0 Å². The predicted octanol–water partition coefficient (Wildman–Crippen LogP) is 8.99. The van der Waals surface area contributed by atoms with Crippen LogP contribution in [0.2, 0.25) is 0 Å². The summed E-state index contributed by atoms with van der Waals surface area (Å²) in [5.41, 5.74) is 9.37. The summed E-state index contributed by atoms with van der Waals surface area (Å²) >= 11 is 0. The second-order valence-electron chi connectivity index (χ2n) is 8.83. The average Bonchev–Trinajstić information content (AvgIpc) is 2.94. The van der Waals surface area contributed by atoms with Crippen molar-refractivity contribution in [1.29, 1.82) is 0 Å². The minimum atomic E-state index is -0.213. The smallest absolute Gasteiger partial charge is 0.109 e. The summed E-state index contributed by atoms with van der Waals surface area (Å²) in [6.07, 6.45) is 5.35. The van der Waals surface area contributed by atoms with Crippen LogP contribution in [0.3, 0.4) is 0 Å². The minimum absolute atomic E-state index is 0.213. The van der Waals surface area contributed by atoms with Gasteiger partial charge in [-0.2, -0.15) is 0 Å². The fourth-order valence-electron chi connectivity index (χ4n) is 4.31. The second-order valence-corrected chi connectivity index (χ2v) is 8.83. The lowest BCUT2D eigenvalue weighted by Crippen LogP contribution is -2.13. The quantitative estimate of drug-likeness (QED) is 0.230. The largest absolute Gasteiger partial charge is 0.356 e. The highest BCUT2D eigenvalue weighted by Crippen LogP contribution is 2.36. The first-order valence-electron chi connectivity index (χ1n) is 12.4. The Kier molecular flexibility index (Phi) is 8.13. The molecule has 0 bridgehead atoms. The van der Waals surface area contributed by atoms with Gasteiger partial charge in [0, 0.05) is 0 Å². The van der Waals surface area contributed by atoms with Crippen LogP contribution in [-0.2, 0) is 17.6 Å². The molecule has 0 saturated carbocycles. The number of aryl methyl sites for hydroxylation is 2. The van der Waals surface area contributed by atoms with E-state index in [1.165, 1.54) is 11.1 Å². The summed E-state index contributed by atoms with van der Waals surface area (Å²) in [7, 11) is 0. The van der Waals surface area contributed by atoms with Crippen LogP contribution in [0.25, 0.3) is 12.2 Å². The Morgan fingerprint density at radius 3 is 1.06 bits per heavy atom. The molecule has 0 aliphatic rings. The van der Waals surface area contributed by atoms with Crippen LogP contribution in [0.1, 0.15) is 70.6 Å². The summed E-state index contributed by atoms with van der Waals surface area (Å²) in [4.78, 5) is 0. The van der Waals surface area contributed by atoms with Crippen molar-refractivity contribution in [2.24, 2.45) is 0 Å². The van der Waals surface area contributed by atoms with Crippen LogP contribution in [0.4, 0.5) is 0 Å². The maximum Gasteiger partial charge on any atom is 0.109 e. The molecule has 0 radical (unpaired) electrons. The molecule has 0 fully saturated rings.